The molecule has 0 unspecified atom stereocenters. The molecular weight excluding hydrogens is 374 g/mol. The van der Waals surface area contributed by atoms with Gasteiger partial charge in [0.15, 0.2) is 0 Å². The Morgan fingerprint density at radius 1 is 1.33 bits per heavy atom. The normalized spacial score (nSPS) is 18.7. The minimum Gasteiger partial charge on any atom is -0.347 e. The lowest BCUT2D eigenvalue weighted by Gasteiger charge is -2.17. The summed E-state index contributed by atoms with van der Waals surface area (Å²) in [6.45, 7) is 3.75. The molecule has 0 saturated heterocycles. The predicted molar refractivity (Wildman–Crippen MR) is 95.4 cm³/mol. The van der Waals surface area contributed by atoms with E-state index in [9.17, 15) is 14.4 Å². The van der Waals surface area contributed by atoms with Crippen LogP contribution in [0.25, 0.3) is 0 Å². The third-order valence-corrected chi connectivity index (χ3v) is 4.62. The van der Waals surface area contributed by atoms with Crippen LogP contribution in [-0.2, 0) is 14.4 Å². The third-order valence-electron chi connectivity index (χ3n) is 4.13. The molecule has 2 N–H and O–H groups in total. The molecule has 130 valence electrons. The van der Waals surface area contributed by atoms with Crippen LogP contribution in [-0.4, -0.2) is 42.8 Å². The van der Waals surface area contributed by atoms with Gasteiger partial charge in [0.2, 0.25) is 17.7 Å². The van der Waals surface area contributed by atoms with Crippen LogP contribution in [0.3, 0.4) is 0 Å². The van der Waals surface area contributed by atoms with Crippen LogP contribution in [0.4, 0.5) is 5.69 Å². The van der Waals surface area contributed by atoms with Crippen molar-refractivity contribution in [2.24, 2.45) is 11.8 Å². The number of anilines is 1. The van der Waals surface area contributed by atoms with E-state index < -0.39 is 0 Å². The first kappa shape index (κ1) is 18.4. The number of rotatable bonds is 6. The van der Waals surface area contributed by atoms with Crippen molar-refractivity contribution in [1.29, 1.82) is 0 Å². The Balaban J connectivity index is 1.77. The minimum absolute atomic E-state index is 0.0341. The zero-order chi connectivity index (χ0) is 17.9. The van der Waals surface area contributed by atoms with Gasteiger partial charge in [-0.2, -0.15) is 0 Å². The first-order valence-corrected chi connectivity index (χ1v) is 8.65. The third kappa shape index (κ3) is 5.06. The van der Waals surface area contributed by atoms with Crippen molar-refractivity contribution < 1.29 is 14.4 Å². The molecule has 1 aliphatic carbocycles. The molecule has 0 radical (unpaired) electrons. The molecule has 3 amide bonds. The average Bonchev–Trinajstić information content (AvgIpc) is 3.24. The van der Waals surface area contributed by atoms with Crippen LogP contribution in [0.2, 0.25) is 0 Å². The summed E-state index contributed by atoms with van der Waals surface area (Å²) >= 11 is 3.37. The maximum Gasteiger partial charge on any atom is 0.243 e. The van der Waals surface area contributed by atoms with Crippen LogP contribution in [0.15, 0.2) is 22.7 Å². The van der Waals surface area contributed by atoms with Gasteiger partial charge in [-0.25, -0.2) is 0 Å². The zero-order valence-electron chi connectivity index (χ0n) is 14.1. The number of carbonyl (C=O) groups is 3. The smallest absolute Gasteiger partial charge is 0.243 e. The molecule has 24 heavy (non-hydrogen) atoms. The number of nitrogens with one attached hydrogen (secondary N) is 2. The van der Waals surface area contributed by atoms with Gasteiger partial charge >= 0.3 is 0 Å². The second-order valence-corrected chi connectivity index (χ2v) is 7.21. The number of halogens is 1. The number of amides is 3. The molecule has 0 bridgehead atoms. The second kappa shape index (κ2) is 7.79. The van der Waals surface area contributed by atoms with E-state index in [1.54, 1.807) is 13.1 Å². The summed E-state index contributed by atoms with van der Waals surface area (Å²) in [7, 11) is 1.54. The molecule has 1 aliphatic rings. The summed E-state index contributed by atoms with van der Waals surface area (Å²) in [6.07, 6.45) is 0.880. The summed E-state index contributed by atoms with van der Waals surface area (Å²) in [6, 6.07) is 5.54. The van der Waals surface area contributed by atoms with E-state index in [1.165, 1.54) is 4.90 Å². The SMILES string of the molecule is Cc1cc(Br)ccc1NC(=O)CN(C)C(=O)CNC(=O)[C@@H]1C[C@H]1C. The predicted octanol–water partition coefficient (Wildman–Crippen LogP) is 1.93. The lowest BCUT2D eigenvalue weighted by molar-refractivity contribution is -0.134. The number of hydrogen-bond acceptors (Lipinski definition) is 3. The summed E-state index contributed by atoms with van der Waals surface area (Å²) in [5, 5.41) is 5.41. The fraction of sp³-hybridized carbons (Fsp3) is 0.471. The molecule has 6 nitrogen and oxygen atoms in total. The van der Waals surface area contributed by atoms with E-state index in [1.807, 2.05) is 26.0 Å². The fourth-order valence-electron chi connectivity index (χ4n) is 2.38. The standard InChI is InChI=1S/C17H22BrN3O3/c1-10-7-13(10)17(24)19-8-16(23)21(3)9-15(22)20-14-5-4-12(18)6-11(14)2/h4-6,10,13H,7-9H2,1-3H3,(H,19,24)(H,20,22)/t10-,13-/m1/s1. The van der Waals surface area contributed by atoms with Gasteiger partial charge in [-0.15, -0.1) is 0 Å². The van der Waals surface area contributed by atoms with Crippen molar-refractivity contribution >= 4 is 39.3 Å². The topological polar surface area (TPSA) is 78.5 Å². The monoisotopic (exact) mass is 395 g/mol. The Kier molecular flexibility index (Phi) is 5.99. The van der Waals surface area contributed by atoms with E-state index in [4.69, 9.17) is 0 Å². The van der Waals surface area contributed by atoms with Crippen LogP contribution in [0.1, 0.15) is 18.9 Å². The molecule has 2 atom stereocenters. The van der Waals surface area contributed by atoms with Crippen LogP contribution < -0.4 is 10.6 Å². The number of benzene rings is 1. The summed E-state index contributed by atoms with van der Waals surface area (Å²) in [5.74, 6) is -0.221. The van der Waals surface area contributed by atoms with Crippen molar-refractivity contribution in [2.45, 2.75) is 20.3 Å². The van der Waals surface area contributed by atoms with Crippen molar-refractivity contribution in [3.63, 3.8) is 0 Å². The molecular formula is C17H22BrN3O3. The lowest BCUT2D eigenvalue weighted by Crippen LogP contribution is -2.42. The number of aryl methyl sites for hydroxylation is 1. The highest BCUT2D eigenvalue weighted by atomic mass is 79.9. The zero-order valence-corrected chi connectivity index (χ0v) is 15.6. The number of hydrogen-bond donors (Lipinski definition) is 2. The number of carbonyl (C=O) groups excluding carboxylic acids is 3. The Bertz CT molecular complexity index is 662. The van der Waals surface area contributed by atoms with Crippen molar-refractivity contribution in [2.75, 3.05) is 25.5 Å². The van der Waals surface area contributed by atoms with E-state index in [2.05, 4.69) is 26.6 Å². The molecule has 0 aromatic heterocycles. The van der Waals surface area contributed by atoms with Crippen molar-refractivity contribution in [3.05, 3.63) is 28.2 Å². The Labute approximate surface area is 150 Å². The first-order valence-electron chi connectivity index (χ1n) is 7.85. The molecule has 1 fully saturated rings. The molecule has 7 heteroatoms. The molecule has 0 spiro atoms. The van der Waals surface area contributed by atoms with Crippen molar-refractivity contribution in [3.8, 4) is 0 Å². The van der Waals surface area contributed by atoms with Gasteiger partial charge in [-0.3, -0.25) is 14.4 Å². The largest absolute Gasteiger partial charge is 0.347 e. The highest BCUT2D eigenvalue weighted by molar-refractivity contribution is 9.10. The van der Waals surface area contributed by atoms with E-state index in [0.29, 0.717) is 11.6 Å². The lowest BCUT2D eigenvalue weighted by atomic mass is 10.2. The van der Waals surface area contributed by atoms with Gasteiger partial charge in [-0.05, 0) is 43.0 Å². The average molecular weight is 396 g/mol. The van der Waals surface area contributed by atoms with Gasteiger partial charge < -0.3 is 15.5 Å². The molecule has 0 aliphatic heterocycles. The van der Waals surface area contributed by atoms with Gasteiger partial charge in [-0.1, -0.05) is 22.9 Å². The Morgan fingerprint density at radius 2 is 2.00 bits per heavy atom. The number of likely N-dealkylation sites (N-methyl/N-ethyl adjacent to an activating group) is 1. The van der Waals surface area contributed by atoms with Crippen LogP contribution in [0, 0.1) is 18.8 Å². The van der Waals surface area contributed by atoms with Gasteiger partial charge in [0.1, 0.15) is 0 Å². The van der Waals surface area contributed by atoms with Gasteiger partial charge in [0.05, 0.1) is 13.1 Å². The first-order chi connectivity index (χ1) is 11.3. The molecule has 1 aromatic carbocycles. The van der Waals surface area contributed by atoms with Gasteiger partial charge in [0, 0.05) is 23.1 Å². The maximum atomic E-state index is 12.1. The molecule has 0 heterocycles. The molecule has 1 saturated carbocycles. The van der Waals surface area contributed by atoms with E-state index in [0.717, 1.165) is 16.5 Å². The minimum atomic E-state index is -0.292. The second-order valence-electron chi connectivity index (χ2n) is 6.29. The number of nitrogens with zero attached hydrogens (tertiary/aromatic N) is 1. The van der Waals surface area contributed by atoms with Gasteiger partial charge in [0.25, 0.3) is 0 Å². The summed E-state index contributed by atoms with van der Waals surface area (Å²) < 4.78 is 0.936. The highest BCUT2D eigenvalue weighted by Crippen LogP contribution is 2.37. The Hall–Kier alpha value is -1.89. The van der Waals surface area contributed by atoms with Crippen LogP contribution >= 0.6 is 15.9 Å². The Morgan fingerprint density at radius 3 is 2.58 bits per heavy atom. The fourth-order valence-corrected chi connectivity index (χ4v) is 2.85. The van der Waals surface area contributed by atoms with E-state index in [-0.39, 0.29) is 36.7 Å². The van der Waals surface area contributed by atoms with E-state index >= 15 is 0 Å². The maximum absolute atomic E-state index is 12.1. The molecule has 2 rings (SSSR count). The highest BCUT2D eigenvalue weighted by Gasteiger charge is 2.39. The summed E-state index contributed by atoms with van der Waals surface area (Å²) in [5.41, 5.74) is 1.64. The summed E-state index contributed by atoms with van der Waals surface area (Å²) in [4.78, 5) is 37.1. The molecule has 1 aromatic rings. The van der Waals surface area contributed by atoms with Crippen LogP contribution in [0.5, 0.6) is 0 Å². The van der Waals surface area contributed by atoms with Crippen molar-refractivity contribution in [1.82, 2.24) is 10.2 Å². The quantitative estimate of drug-likeness (QED) is 0.772.